The van der Waals surface area contributed by atoms with Gasteiger partial charge >= 0.3 is 0 Å². The highest BCUT2D eigenvalue weighted by molar-refractivity contribution is 9.13. The Kier molecular flexibility index (Phi) is 4.42. The molecule has 0 aliphatic carbocycles. The summed E-state index contributed by atoms with van der Waals surface area (Å²) in [7, 11) is 0. The second-order valence-corrected chi connectivity index (χ2v) is 5.36. The average molecular weight is 401 g/mol. The Bertz CT molecular complexity index is 687. The Labute approximate surface area is 130 Å². The smallest absolute Gasteiger partial charge is 0.293 e. The van der Waals surface area contributed by atoms with Gasteiger partial charge in [0.1, 0.15) is 11.4 Å². The molecule has 2 rings (SSSR count). The molecule has 0 bridgehead atoms. The van der Waals surface area contributed by atoms with E-state index in [1.54, 1.807) is 6.07 Å². The summed E-state index contributed by atoms with van der Waals surface area (Å²) in [6.07, 6.45) is 0. The van der Waals surface area contributed by atoms with Crippen LogP contribution in [0.2, 0.25) is 0 Å². The van der Waals surface area contributed by atoms with E-state index >= 15 is 0 Å². The molecule has 0 unspecified atom stereocenters. The van der Waals surface area contributed by atoms with Gasteiger partial charge in [-0.15, -0.1) is 0 Å². The lowest BCUT2D eigenvalue weighted by atomic mass is 10.2. The van der Waals surface area contributed by atoms with Gasteiger partial charge in [0, 0.05) is 6.07 Å². The second-order valence-electron chi connectivity index (χ2n) is 3.79. The molecule has 1 N–H and O–H groups in total. The summed E-state index contributed by atoms with van der Waals surface area (Å²) in [4.78, 5) is 10.4. The van der Waals surface area contributed by atoms with E-state index in [9.17, 15) is 10.1 Å². The van der Waals surface area contributed by atoms with Gasteiger partial charge in [0.05, 0.1) is 27.6 Å². The Morgan fingerprint density at radius 2 is 2.15 bits per heavy atom. The number of nitriles is 1. The van der Waals surface area contributed by atoms with Crippen molar-refractivity contribution >= 4 is 43.2 Å². The molecule has 0 saturated carbocycles. The van der Waals surface area contributed by atoms with Gasteiger partial charge in [0.15, 0.2) is 4.67 Å². The standard InChI is InChI=1S/C12H7Br2N3O3/c13-9-4-8(20-12(9)14)6-16-10-2-1-7(5-15)3-11(10)17(18)19/h1-4,16H,6H2. The van der Waals surface area contributed by atoms with Crippen LogP contribution >= 0.6 is 31.9 Å². The van der Waals surface area contributed by atoms with Gasteiger partial charge < -0.3 is 9.73 Å². The third kappa shape index (κ3) is 3.18. The maximum atomic E-state index is 11.0. The molecule has 0 fully saturated rings. The summed E-state index contributed by atoms with van der Waals surface area (Å²) in [5.41, 5.74) is 0.428. The number of hydrogen-bond acceptors (Lipinski definition) is 5. The van der Waals surface area contributed by atoms with Crippen molar-refractivity contribution in [2.24, 2.45) is 0 Å². The first-order valence-electron chi connectivity index (χ1n) is 5.37. The molecule has 20 heavy (non-hydrogen) atoms. The van der Waals surface area contributed by atoms with Crippen LogP contribution in [0.1, 0.15) is 11.3 Å². The SMILES string of the molecule is N#Cc1ccc(NCc2cc(Br)c(Br)o2)c([N+](=O)[O-])c1. The molecule has 102 valence electrons. The highest BCUT2D eigenvalue weighted by Crippen LogP contribution is 2.29. The van der Waals surface area contributed by atoms with E-state index in [0.717, 1.165) is 4.47 Å². The zero-order valence-corrected chi connectivity index (χ0v) is 13.1. The molecule has 1 aromatic carbocycles. The number of furan rings is 1. The number of nitrogens with zero attached hydrogens (tertiary/aromatic N) is 2. The molecule has 1 heterocycles. The van der Waals surface area contributed by atoms with Crippen LogP contribution < -0.4 is 5.32 Å². The zero-order valence-electron chi connectivity index (χ0n) is 9.89. The molecular weight excluding hydrogens is 394 g/mol. The van der Waals surface area contributed by atoms with Crippen LogP contribution in [-0.2, 0) is 6.54 Å². The first-order chi connectivity index (χ1) is 9.51. The maximum Gasteiger partial charge on any atom is 0.293 e. The molecule has 0 amide bonds. The molecular formula is C12H7Br2N3O3. The van der Waals surface area contributed by atoms with Crippen molar-refractivity contribution in [2.75, 3.05) is 5.32 Å². The van der Waals surface area contributed by atoms with Crippen molar-refractivity contribution in [1.82, 2.24) is 0 Å². The fourth-order valence-corrected chi connectivity index (χ4v) is 2.22. The van der Waals surface area contributed by atoms with Crippen molar-refractivity contribution < 1.29 is 9.34 Å². The molecule has 0 radical (unpaired) electrons. The van der Waals surface area contributed by atoms with Crippen LogP contribution in [0.15, 0.2) is 37.8 Å². The quantitative estimate of drug-likeness (QED) is 0.613. The minimum Gasteiger partial charge on any atom is -0.451 e. The third-order valence-corrected chi connectivity index (χ3v) is 4.18. The minimum atomic E-state index is -0.531. The van der Waals surface area contributed by atoms with Crippen molar-refractivity contribution in [1.29, 1.82) is 5.26 Å². The van der Waals surface area contributed by atoms with E-state index in [1.165, 1.54) is 18.2 Å². The number of nitro benzene ring substituents is 1. The number of benzene rings is 1. The fraction of sp³-hybridized carbons (Fsp3) is 0.0833. The molecule has 0 spiro atoms. The fourth-order valence-electron chi connectivity index (χ4n) is 1.56. The largest absolute Gasteiger partial charge is 0.451 e. The lowest BCUT2D eigenvalue weighted by molar-refractivity contribution is -0.384. The first-order valence-corrected chi connectivity index (χ1v) is 6.96. The highest BCUT2D eigenvalue weighted by Gasteiger charge is 2.15. The van der Waals surface area contributed by atoms with Crippen molar-refractivity contribution in [3.8, 4) is 6.07 Å². The highest BCUT2D eigenvalue weighted by atomic mass is 79.9. The van der Waals surface area contributed by atoms with Gasteiger partial charge in [0.25, 0.3) is 5.69 Å². The average Bonchev–Trinajstić information content (AvgIpc) is 2.75. The summed E-state index contributed by atoms with van der Waals surface area (Å²) in [5.74, 6) is 0.613. The number of hydrogen-bond donors (Lipinski definition) is 1. The summed E-state index contributed by atoms with van der Waals surface area (Å²) < 4.78 is 6.69. The van der Waals surface area contributed by atoms with Gasteiger partial charge in [-0.2, -0.15) is 5.26 Å². The molecule has 6 nitrogen and oxygen atoms in total. The zero-order chi connectivity index (χ0) is 14.7. The number of nitrogens with one attached hydrogen (secondary N) is 1. The molecule has 2 aromatic rings. The lowest BCUT2D eigenvalue weighted by Crippen LogP contribution is -2.02. The van der Waals surface area contributed by atoms with E-state index in [0.29, 0.717) is 16.1 Å². The Balaban J connectivity index is 2.21. The van der Waals surface area contributed by atoms with Gasteiger partial charge in [-0.1, -0.05) is 0 Å². The molecule has 1 aromatic heterocycles. The van der Waals surface area contributed by atoms with E-state index in [4.69, 9.17) is 9.68 Å². The van der Waals surface area contributed by atoms with E-state index < -0.39 is 4.92 Å². The van der Waals surface area contributed by atoms with Crippen LogP contribution in [0.3, 0.4) is 0 Å². The summed E-state index contributed by atoms with van der Waals surface area (Å²) >= 11 is 6.50. The summed E-state index contributed by atoms with van der Waals surface area (Å²) in [6.45, 7) is 0.289. The van der Waals surface area contributed by atoms with Crippen LogP contribution in [0.5, 0.6) is 0 Å². The number of nitro groups is 1. The predicted molar refractivity (Wildman–Crippen MR) is 79.2 cm³/mol. The first kappa shape index (κ1) is 14.6. The maximum absolute atomic E-state index is 11.0. The number of halogens is 2. The van der Waals surface area contributed by atoms with Crippen LogP contribution in [0.4, 0.5) is 11.4 Å². The van der Waals surface area contributed by atoms with Gasteiger partial charge in [0.2, 0.25) is 0 Å². The molecule has 0 saturated heterocycles. The molecule has 0 aliphatic rings. The monoisotopic (exact) mass is 399 g/mol. The second kappa shape index (κ2) is 6.07. The Morgan fingerprint density at radius 1 is 1.40 bits per heavy atom. The van der Waals surface area contributed by atoms with Crippen molar-refractivity contribution in [3.63, 3.8) is 0 Å². The topological polar surface area (TPSA) is 92.1 Å². The number of anilines is 1. The molecule has 8 heteroatoms. The van der Waals surface area contributed by atoms with Crippen LogP contribution in [0, 0.1) is 21.4 Å². The Hall–Kier alpha value is -1.85. The van der Waals surface area contributed by atoms with Crippen LogP contribution in [-0.4, -0.2) is 4.92 Å². The van der Waals surface area contributed by atoms with E-state index in [1.807, 2.05) is 6.07 Å². The predicted octanol–water partition coefficient (Wildman–Crippen LogP) is 4.20. The van der Waals surface area contributed by atoms with Crippen LogP contribution in [0.25, 0.3) is 0 Å². The van der Waals surface area contributed by atoms with E-state index in [2.05, 4.69) is 37.2 Å². The summed E-state index contributed by atoms with van der Waals surface area (Å²) in [5, 5.41) is 22.7. The normalized spacial score (nSPS) is 10.1. The lowest BCUT2D eigenvalue weighted by Gasteiger charge is -2.05. The van der Waals surface area contributed by atoms with Gasteiger partial charge in [-0.25, -0.2) is 0 Å². The third-order valence-electron chi connectivity index (χ3n) is 2.47. The van der Waals surface area contributed by atoms with Crippen molar-refractivity contribution in [2.45, 2.75) is 6.54 Å². The van der Waals surface area contributed by atoms with Gasteiger partial charge in [-0.3, -0.25) is 10.1 Å². The van der Waals surface area contributed by atoms with Crippen molar-refractivity contribution in [3.05, 3.63) is 54.8 Å². The number of rotatable bonds is 4. The Morgan fingerprint density at radius 3 is 2.70 bits per heavy atom. The summed E-state index contributed by atoms with van der Waals surface area (Å²) in [6, 6.07) is 7.88. The molecule has 0 aliphatic heterocycles. The van der Waals surface area contributed by atoms with Gasteiger partial charge in [-0.05, 0) is 50.1 Å². The minimum absolute atomic E-state index is 0.145. The van der Waals surface area contributed by atoms with E-state index in [-0.39, 0.29) is 17.8 Å². The molecule has 0 atom stereocenters.